The van der Waals surface area contributed by atoms with Gasteiger partial charge in [-0.1, -0.05) is 32.4 Å². The summed E-state index contributed by atoms with van der Waals surface area (Å²) < 4.78 is 5.70. The van der Waals surface area contributed by atoms with Crippen molar-refractivity contribution in [3.63, 3.8) is 0 Å². The third kappa shape index (κ3) is 6.07. The van der Waals surface area contributed by atoms with Crippen molar-refractivity contribution >= 4 is 11.6 Å². The predicted octanol–water partition coefficient (Wildman–Crippen LogP) is 2.96. The van der Waals surface area contributed by atoms with E-state index in [0.717, 1.165) is 44.7 Å². The fourth-order valence-corrected chi connectivity index (χ4v) is 2.06. The number of aromatic nitrogens is 1. The van der Waals surface area contributed by atoms with Gasteiger partial charge in [0.1, 0.15) is 6.61 Å². The first kappa shape index (κ1) is 17.2. The Morgan fingerprint density at radius 2 is 2.05 bits per heavy atom. The molecule has 1 aromatic rings. The Labute approximate surface area is 127 Å². The molecule has 0 radical (unpaired) electrons. The molecule has 0 aliphatic heterocycles. The molecule has 0 aliphatic rings. The molecule has 0 aromatic carbocycles. The summed E-state index contributed by atoms with van der Waals surface area (Å²) in [6, 6.07) is 1.92. The van der Waals surface area contributed by atoms with Crippen molar-refractivity contribution in [1.82, 2.24) is 15.2 Å². The summed E-state index contributed by atoms with van der Waals surface area (Å²) in [5, 5.41) is 4.02. The van der Waals surface area contributed by atoms with E-state index in [1.165, 1.54) is 0 Å². The van der Waals surface area contributed by atoms with Gasteiger partial charge in [-0.2, -0.15) is 0 Å². The number of ether oxygens (including phenoxy) is 1. The maximum absolute atomic E-state index is 6.14. The summed E-state index contributed by atoms with van der Waals surface area (Å²) in [5.74, 6) is 0.648. The van der Waals surface area contributed by atoms with Gasteiger partial charge in [-0.15, -0.1) is 0 Å². The Morgan fingerprint density at radius 3 is 2.70 bits per heavy atom. The number of halogens is 1. The summed E-state index contributed by atoms with van der Waals surface area (Å²) in [5.41, 5.74) is 1.04. The summed E-state index contributed by atoms with van der Waals surface area (Å²) in [7, 11) is 0. The number of nitrogens with zero attached hydrogens (tertiary/aromatic N) is 2. The normalized spacial score (nSPS) is 11.1. The summed E-state index contributed by atoms with van der Waals surface area (Å²) >= 11 is 6.14. The van der Waals surface area contributed by atoms with Crippen LogP contribution in [-0.2, 0) is 6.54 Å². The number of nitrogens with one attached hydrogen (secondary N) is 1. The van der Waals surface area contributed by atoms with Gasteiger partial charge in [0.05, 0.1) is 5.02 Å². The molecular weight excluding hydrogens is 274 g/mol. The van der Waals surface area contributed by atoms with Crippen molar-refractivity contribution in [2.45, 2.75) is 33.7 Å². The van der Waals surface area contributed by atoms with E-state index in [1.54, 1.807) is 6.20 Å². The predicted molar refractivity (Wildman–Crippen MR) is 84.5 cm³/mol. The molecule has 0 bridgehead atoms. The maximum Gasteiger partial charge on any atom is 0.213 e. The molecule has 5 heteroatoms. The van der Waals surface area contributed by atoms with E-state index >= 15 is 0 Å². The zero-order valence-corrected chi connectivity index (χ0v) is 13.5. The summed E-state index contributed by atoms with van der Waals surface area (Å²) in [6.07, 6.45) is 2.77. The zero-order valence-electron chi connectivity index (χ0n) is 12.8. The Hall–Kier alpha value is -0.840. The fraction of sp³-hybridized carbons (Fsp3) is 0.667. The molecule has 0 fully saturated rings. The lowest BCUT2D eigenvalue weighted by atomic mass is 10.2. The summed E-state index contributed by atoms with van der Waals surface area (Å²) in [4.78, 5) is 6.53. The van der Waals surface area contributed by atoms with Crippen molar-refractivity contribution in [2.24, 2.45) is 0 Å². The van der Waals surface area contributed by atoms with E-state index in [0.29, 0.717) is 17.5 Å². The van der Waals surface area contributed by atoms with Crippen LogP contribution in [0.2, 0.25) is 5.02 Å². The van der Waals surface area contributed by atoms with Crippen LogP contribution in [0.5, 0.6) is 5.88 Å². The smallest absolute Gasteiger partial charge is 0.213 e. The second-order valence-corrected chi connectivity index (χ2v) is 5.07. The van der Waals surface area contributed by atoms with Gasteiger partial charge in [-0.25, -0.2) is 4.98 Å². The first-order chi connectivity index (χ1) is 9.71. The number of likely N-dealkylation sites (N-methyl/N-ethyl adjacent to an activating group) is 1. The Morgan fingerprint density at radius 1 is 1.30 bits per heavy atom. The average molecular weight is 300 g/mol. The van der Waals surface area contributed by atoms with E-state index in [9.17, 15) is 0 Å². The molecule has 0 amide bonds. The second kappa shape index (κ2) is 9.97. The molecule has 114 valence electrons. The molecule has 0 saturated carbocycles. The van der Waals surface area contributed by atoms with E-state index < -0.39 is 0 Å². The minimum atomic E-state index is 0.648. The Bertz CT molecular complexity index is 383. The van der Waals surface area contributed by atoms with Gasteiger partial charge >= 0.3 is 0 Å². The number of hydrogen-bond acceptors (Lipinski definition) is 4. The molecule has 0 saturated heterocycles. The molecule has 4 nitrogen and oxygen atoms in total. The maximum atomic E-state index is 6.14. The van der Waals surface area contributed by atoms with Gasteiger partial charge < -0.3 is 15.0 Å². The molecule has 1 N–H and O–H groups in total. The van der Waals surface area contributed by atoms with E-state index in [2.05, 4.69) is 36.0 Å². The molecule has 20 heavy (non-hydrogen) atoms. The van der Waals surface area contributed by atoms with Crippen molar-refractivity contribution in [3.05, 3.63) is 22.8 Å². The first-order valence-electron chi connectivity index (χ1n) is 7.41. The van der Waals surface area contributed by atoms with Gasteiger partial charge in [-0.05, 0) is 31.6 Å². The van der Waals surface area contributed by atoms with E-state index in [1.807, 2.05) is 6.07 Å². The highest BCUT2D eigenvalue weighted by molar-refractivity contribution is 6.31. The second-order valence-electron chi connectivity index (χ2n) is 4.67. The molecule has 0 aliphatic carbocycles. The van der Waals surface area contributed by atoms with Gasteiger partial charge in [0.15, 0.2) is 0 Å². The number of pyridine rings is 1. The average Bonchev–Trinajstić information content (AvgIpc) is 2.47. The lowest BCUT2D eigenvalue weighted by Crippen LogP contribution is -2.28. The highest BCUT2D eigenvalue weighted by Gasteiger charge is 2.05. The van der Waals surface area contributed by atoms with Crippen LogP contribution in [0.4, 0.5) is 0 Å². The van der Waals surface area contributed by atoms with Crippen molar-refractivity contribution in [2.75, 3.05) is 32.8 Å². The molecule has 1 aromatic heterocycles. The van der Waals surface area contributed by atoms with Gasteiger partial charge in [0.2, 0.25) is 5.88 Å². The standard InChI is InChI=1S/C15H26ClN3O/c1-4-7-17-11-13-10-15(18-12-14(13)16)20-9-8-19(5-2)6-3/h10,12,17H,4-9,11H2,1-3H3. The van der Waals surface area contributed by atoms with Crippen molar-refractivity contribution in [3.8, 4) is 5.88 Å². The minimum absolute atomic E-state index is 0.648. The monoisotopic (exact) mass is 299 g/mol. The molecule has 0 spiro atoms. The lowest BCUT2D eigenvalue weighted by Gasteiger charge is -2.18. The van der Waals surface area contributed by atoms with Crippen LogP contribution in [0.1, 0.15) is 32.8 Å². The molecule has 0 atom stereocenters. The van der Waals surface area contributed by atoms with Crippen LogP contribution in [0.15, 0.2) is 12.3 Å². The topological polar surface area (TPSA) is 37.4 Å². The number of hydrogen-bond donors (Lipinski definition) is 1. The van der Waals surface area contributed by atoms with Crippen LogP contribution in [0.25, 0.3) is 0 Å². The van der Waals surface area contributed by atoms with Gasteiger partial charge in [0.25, 0.3) is 0 Å². The van der Waals surface area contributed by atoms with Crippen LogP contribution in [0, 0.1) is 0 Å². The first-order valence-corrected chi connectivity index (χ1v) is 7.79. The Kier molecular flexibility index (Phi) is 8.58. The third-order valence-corrected chi connectivity index (χ3v) is 3.54. The summed E-state index contributed by atoms with van der Waals surface area (Å²) in [6.45, 7) is 11.8. The largest absolute Gasteiger partial charge is 0.476 e. The fourth-order valence-electron chi connectivity index (χ4n) is 1.89. The quantitative estimate of drug-likeness (QED) is 0.674. The lowest BCUT2D eigenvalue weighted by molar-refractivity contribution is 0.218. The highest BCUT2D eigenvalue weighted by Crippen LogP contribution is 2.19. The third-order valence-electron chi connectivity index (χ3n) is 3.20. The van der Waals surface area contributed by atoms with Crippen LogP contribution < -0.4 is 10.1 Å². The van der Waals surface area contributed by atoms with Crippen LogP contribution in [-0.4, -0.2) is 42.7 Å². The molecule has 1 heterocycles. The molecule has 0 unspecified atom stereocenters. The van der Waals surface area contributed by atoms with Crippen molar-refractivity contribution in [1.29, 1.82) is 0 Å². The SMILES string of the molecule is CCCNCc1cc(OCCN(CC)CC)ncc1Cl. The van der Waals surface area contributed by atoms with Crippen molar-refractivity contribution < 1.29 is 4.74 Å². The van der Waals surface area contributed by atoms with E-state index in [4.69, 9.17) is 16.3 Å². The van der Waals surface area contributed by atoms with E-state index in [-0.39, 0.29) is 0 Å². The molecule has 1 rings (SSSR count). The van der Waals surface area contributed by atoms with Crippen LogP contribution >= 0.6 is 11.6 Å². The van der Waals surface area contributed by atoms with Crippen LogP contribution in [0.3, 0.4) is 0 Å². The molecular formula is C15H26ClN3O. The van der Waals surface area contributed by atoms with Gasteiger partial charge in [0, 0.05) is 25.4 Å². The van der Waals surface area contributed by atoms with Gasteiger partial charge in [-0.3, -0.25) is 0 Å². The highest BCUT2D eigenvalue weighted by atomic mass is 35.5. The number of rotatable bonds is 10. The Balaban J connectivity index is 2.47. The minimum Gasteiger partial charge on any atom is -0.476 e. The zero-order chi connectivity index (χ0) is 14.8.